The van der Waals surface area contributed by atoms with E-state index in [1.54, 1.807) is 11.2 Å². The lowest BCUT2D eigenvalue weighted by molar-refractivity contribution is -0.131. The molecule has 1 aliphatic rings. The number of carbonyl (C=O) groups excluding carboxylic acids is 1. The lowest BCUT2D eigenvalue weighted by Crippen LogP contribution is -2.33. The maximum Gasteiger partial charge on any atom is 0.222 e. The number of hydrogen-bond donors (Lipinski definition) is 0. The molecule has 134 valence electrons. The number of likely N-dealkylation sites (tertiary alicyclic amines) is 1. The van der Waals surface area contributed by atoms with Crippen molar-refractivity contribution in [1.29, 1.82) is 0 Å². The standard InChI is InChI=1S/C19H22F2N2O2/c1-22(13-17-3-2-10-25-17)16-6-7-19(24)23(9-8-16)12-14-4-5-15(20)11-18(14)21/h2-5,10-11,16H,6-9,12-13H2,1H3. The molecule has 0 N–H and O–H groups in total. The highest BCUT2D eigenvalue weighted by molar-refractivity contribution is 5.76. The van der Waals surface area contributed by atoms with E-state index in [0.29, 0.717) is 25.1 Å². The van der Waals surface area contributed by atoms with E-state index < -0.39 is 11.6 Å². The fourth-order valence-corrected chi connectivity index (χ4v) is 3.26. The van der Waals surface area contributed by atoms with Crippen LogP contribution in [-0.4, -0.2) is 35.3 Å². The molecule has 1 fully saturated rings. The van der Waals surface area contributed by atoms with E-state index in [1.807, 2.05) is 19.2 Å². The quantitative estimate of drug-likeness (QED) is 0.829. The summed E-state index contributed by atoms with van der Waals surface area (Å²) >= 11 is 0. The molecule has 6 heteroatoms. The molecule has 0 saturated carbocycles. The van der Waals surface area contributed by atoms with E-state index in [2.05, 4.69) is 4.90 Å². The zero-order valence-corrected chi connectivity index (χ0v) is 14.3. The Hall–Kier alpha value is -2.21. The van der Waals surface area contributed by atoms with Crippen molar-refractivity contribution in [2.24, 2.45) is 0 Å². The van der Waals surface area contributed by atoms with Crippen LogP contribution in [0.3, 0.4) is 0 Å². The predicted octanol–water partition coefficient (Wildman–Crippen LogP) is 3.57. The number of carbonyl (C=O) groups is 1. The summed E-state index contributed by atoms with van der Waals surface area (Å²) in [5.41, 5.74) is 0.345. The lowest BCUT2D eigenvalue weighted by Gasteiger charge is -2.26. The van der Waals surface area contributed by atoms with Gasteiger partial charge in [-0.3, -0.25) is 9.69 Å². The number of furan rings is 1. The summed E-state index contributed by atoms with van der Waals surface area (Å²) in [5.74, 6) is -0.312. The average molecular weight is 348 g/mol. The van der Waals surface area contributed by atoms with Gasteiger partial charge in [-0.1, -0.05) is 6.07 Å². The molecule has 0 aliphatic carbocycles. The molecule has 1 saturated heterocycles. The fraction of sp³-hybridized carbons (Fsp3) is 0.421. The Morgan fingerprint density at radius 3 is 2.84 bits per heavy atom. The molecule has 1 aromatic carbocycles. The van der Waals surface area contributed by atoms with E-state index in [0.717, 1.165) is 24.7 Å². The highest BCUT2D eigenvalue weighted by Gasteiger charge is 2.25. The lowest BCUT2D eigenvalue weighted by atomic mass is 10.1. The van der Waals surface area contributed by atoms with Gasteiger partial charge in [0.25, 0.3) is 0 Å². The topological polar surface area (TPSA) is 36.7 Å². The third-order valence-electron chi connectivity index (χ3n) is 4.76. The van der Waals surface area contributed by atoms with Crippen molar-refractivity contribution >= 4 is 5.91 Å². The third-order valence-corrected chi connectivity index (χ3v) is 4.76. The van der Waals surface area contributed by atoms with Gasteiger partial charge in [-0.25, -0.2) is 8.78 Å². The first-order valence-electron chi connectivity index (χ1n) is 8.47. The van der Waals surface area contributed by atoms with Crippen LogP contribution in [0, 0.1) is 11.6 Å². The first kappa shape index (κ1) is 17.6. The molecule has 2 heterocycles. The molecule has 2 aromatic rings. The van der Waals surface area contributed by atoms with Crippen LogP contribution in [0.4, 0.5) is 8.78 Å². The van der Waals surface area contributed by atoms with Crippen LogP contribution in [0.1, 0.15) is 30.6 Å². The zero-order chi connectivity index (χ0) is 17.8. The number of rotatable bonds is 5. The predicted molar refractivity (Wildman–Crippen MR) is 89.6 cm³/mol. The Bertz CT molecular complexity index is 718. The molecule has 4 nitrogen and oxygen atoms in total. The van der Waals surface area contributed by atoms with Crippen LogP contribution < -0.4 is 0 Å². The molecule has 0 bridgehead atoms. The molecule has 1 amide bonds. The Labute approximate surface area is 146 Å². The molecule has 1 aromatic heterocycles. The van der Waals surface area contributed by atoms with Crippen molar-refractivity contribution < 1.29 is 18.0 Å². The SMILES string of the molecule is CN(Cc1ccco1)C1CCC(=O)N(Cc2ccc(F)cc2F)CC1. The molecule has 1 atom stereocenters. The Balaban J connectivity index is 1.61. The van der Waals surface area contributed by atoms with Crippen LogP contribution in [0.15, 0.2) is 41.0 Å². The summed E-state index contributed by atoms with van der Waals surface area (Å²) < 4.78 is 32.3. The van der Waals surface area contributed by atoms with E-state index in [1.165, 1.54) is 12.1 Å². The highest BCUT2D eigenvalue weighted by atomic mass is 19.1. The first-order valence-corrected chi connectivity index (χ1v) is 8.47. The van der Waals surface area contributed by atoms with Crippen LogP contribution in [0.25, 0.3) is 0 Å². The van der Waals surface area contributed by atoms with Gasteiger partial charge in [0.05, 0.1) is 12.8 Å². The first-order chi connectivity index (χ1) is 12.0. The third kappa shape index (κ3) is 4.45. The summed E-state index contributed by atoms with van der Waals surface area (Å²) in [6.45, 7) is 1.43. The van der Waals surface area contributed by atoms with Gasteiger partial charge in [-0.05, 0) is 38.1 Å². The van der Waals surface area contributed by atoms with E-state index >= 15 is 0 Å². The van der Waals surface area contributed by atoms with Gasteiger partial charge in [0.1, 0.15) is 17.4 Å². The second-order valence-electron chi connectivity index (χ2n) is 6.53. The molecular weight excluding hydrogens is 326 g/mol. The molecule has 0 radical (unpaired) electrons. The summed E-state index contributed by atoms with van der Waals surface area (Å²) in [6.07, 6.45) is 3.65. The Kier molecular flexibility index (Phi) is 5.48. The van der Waals surface area contributed by atoms with Gasteiger partial charge < -0.3 is 9.32 Å². The van der Waals surface area contributed by atoms with Crippen LogP contribution in [-0.2, 0) is 17.9 Å². The summed E-state index contributed by atoms with van der Waals surface area (Å²) in [6, 6.07) is 7.54. The normalized spacial score (nSPS) is 18.6. The number of hydrogen-bond acceptors (Lipinski definition) is 3. The highest BCUT2D eigenvalue weighted by Crippen LogP contribution is 2.21. The molecule has 3 rings (SSSR count). The molecular formula is C19H22F2N2O2. The average Bonchev–Trinajstić information content (AvgIpc) is 3.01. The van der Waals surface area contributed by atoms with Gasteiger partial charge in [0, 0.05) is 37.2 Å². The van der Waals surface area contributed by atoms with Crippen LogP contribution >= 0.6 is 0 Å². The maximum atomic E-state index is 13.9. The van der Waals surface area contributed by atoms with Gasteiger partial charge >= 0.3 is 0 Å². The van der Waals surface area contributed by atoms with E-state index in [9.17, 15) is 13.6 Å². The fourth-order valence-electron chi connectivity index (χ4n) is 3.26. The van der Waals surface area contributed by atoms with E-state index in [-0.39, 0.29) is 18.5 Å². The minimum atomic E-state index is -0.608. The molecule has 0 spiro atoms. The van der Waals surface area contributed by atoms with Crippen LogP contribution in [0.2, 0.25) is 0 Å². The van der Waals surface area contributed by atoms with Crippen molar-refractivity contribution in [3.05, 3.63) is 59.6 Å². The number of benzene rings is 1. The van der Waals surface area contributed by atoms with Crippen LogP contribution in [0.5, 0.6) is 0 Å². The number of nitrogens with zero attached hydrogens (tertiary/aromatic N) is 2. The molecule has 1 unspecified atom stereocenters. The second-order valence-corrected chi connectivity index (χ2v) is 6.53. The van der Waals surface area contributed by atoms with Crippen molar-refractivity contribution in [3.63, 3.8) is 0 Å². The minimum absolute atomic E-state index is 0.0117. The molecule has 25 heavy (non-hydrogen) atoms. The van der Waals surface area contributed by atoms with Gasteiger partial charge in [0.15, 0.2) is 0 Å². The van der Waals surface area contributed by atoms with E-state index in [4.69, 9.17) is 4.42 Å². The summed E-state index contributed by atoms with van der Waals surface area (Å²) in [5, 5.41) is 0. The van der Waals surface area contributed by atoms with Crippen molar-refractivity contribution in [1.82, 2.24) is 9.80 Å². The van der Waals surface area contributed by atoms with Gasteiger partial charge in [-0.2, -0.15) is 0 Å². The van der Waals surface area contributed by atoms with Gasteiger partial charge in [-0.15, -0.1) is 0 Å². The minimum Gasteiger partial charge on any atom is -0.468 e. The largest absolute Gasteiger partial charge is 0.468 e. The Morgan fingerprint density at radius 1 is 1.28 bits per heavy atom. The number of amides is 1. The number of halogens is 2. The smallest absolute Gasteiger partial charge is 0.222 e. The monoisotopic (exact) mass is 348 g/mol. The van der Waals surface area contributed by atoms with Gasteiger partial charge in [0.2, 0.25) is 5.91 Å². The Morgan fingerprint density at radius 2 is 2.12 bits per heavy atom. The molecule has 1 aliphatic heterocycles. The van der Waals surface area contributed by atoms with Crippen molar-refractivity contribution in [2.45, 2.75) is 38.4 Å². The zero-order valence-electron chi connectivity index (χ0n) is 14.3. The maximum absolute atomic E-state index is 13.9. The second kappa shape index (κ2) is 7.78. The summed E-state index contributed by atoms with van der Waals surface area (Å²) in [7, 11) is 2.02. The van der Waals surface area contributed by atoms with Crippen molar-refractivity contribution in [2.75, 3.05) is 13.6 Å². The summed E-state index contributed by atoms with van der Waals surface area (Å²) in [4.78, 5) is 16.2. The van der Waals surface area contributed by atoms with Crippen molar-refractivity contribution in [3.8, 4) is 0 Å².